The summed E-state index contributed by atoms with van der Waals surface area (Å²) in [5.41, 5.74) is 1.70. The molecular weight excluding hydrogens is 258 g/mol. The molecule has 3 rings (SSSR count). The Kier molecular flexibility index (Phi) is 3.00. The van der Waals surface area contributed by atoms with Crippen molar-refractivity contribution in [2.45, 2.75) is 6.54 Å². The lowest BCUT2D eigenvalue weighted by Crippen LogP contribution is -2.06. The Morgan fingerprint density at radius 3 is 3.00 bits per heavy atom. The minimum Gasteiger partial charge on any atom is -0.478 e. The third kappa shape index (κ3) is 2.28. The summed E-state index contributed by atoms with van der Waals surface area (Å²) in [5.74, 6) is -0.294. The molecule has 0 saturated carbocycles. The number of hydrogen-bond acceptors (Lipinski definition) is 5. The lowest BCUT2D eigenvalue weighted by molar-refractivity contribution is 0.0696. The highest BCUT2D eigenvalue weighted by Gasteiger charge is 2.06. The van der Waals surface area contributed by atoms with Crippen molar-refractivity contribution in [1.29, 1.82) is 0 Å². The second-order valence-corrected chi connectivity index (χ2v) is 4.13. The van der Waals surface area contributed by atoms with Gasteiger partial charge in [-0.05, 0) is 18.2 Å². The van der Waals surface area contributed by atoms with Gasteiger partial charge in [0.25, 0.3) is 0 Å². The van der Waals surface area contributed by atoms with Crippen molar-refractivity contribution in [2.75, 3.05) is 5.32 Å². The second kappa shape index (κ2) is 4.96. The zero-order valence-electron chi connectivity index (χ0n) is 10.4. The summed E-state index contributed by atoms with van der Waals surface area (Å²) < 4.78 is 1.70. The van der Waals surface area contributed by atoms with Crippen LogP contribution < -0.4 is 5.32 Å². The minimum atomic E-state index is -0.968. The molecular formula is C13H11N5O2. The van der Waals surface area contributed by atoms with Crippen molar-refractivity contribution in [3.63, 3.8) is 0 Å². The van der Waals surface area contributed by atoms with E-state index in [0.717, 1.165) is 5.52 Å². The Hall–Kier alpha value is -2.96. The highest BCUT2D eigenvalue weighted by atomic mass is 16.4. The molecule has 3 aromatic rings. The van der Waals surface area contributed by atoms with Crippen LogP contribution in [-0.4, -0.2) is 30.7 Å². The largest absolute Gasteiger partial charge is 0.478 e. The average Bonchev–Trinajstić information content (AvgIpc) is 2.94. The smallest absolute Gasteiger partial charge is 0.335 e. The summed E-state index contributed by atoms with van der Waals surface area (Å²) in [6.45, 7) is 0.388. The van der Waals surface area contributed by atoms with E-state index in [-0.39, 0.29) is 5.56 Å². The third-order valence-corrected chi connectivity index (χ3v) is 2.82. The van der Waals surface area contributed by atoms with Crippen LogP contribution in [0.25, 0.3) is 5.52 Å². The van der Waals surface area contributed by atoms with Crippen molar-refractivity contribution >= 4 is 17.3 Å². The van der Waals surface area contributed by atoms with Gasteiger partial charge >= 0.3 is 5.97 Å². The monoisotopic (exact) mass is 269 g/mol. The van der Waals surface area contributed by atoms with Gasteiger partial charge in [-0.3, -0.25) is 4.98 Å². The number of hydrogen-bond donors (Lipinski definition) is 2. The normalized spacial score (nSPS) is 10.6. The number of nitrogens with zero attached hydrogens (tertiary/aromatic N) is 4. The number of pyridine rings is 1. The summed E-state index contributed by atoms with van der Waals surface area (Å²) in [6.07, 6.45) is 6.56. The van der Waals surface area contributed by atoms with Gasteiger partial charge in [0.1, 0.15) is 5.52 Å². The predicted octanol–water partition coefficient (Wildman–Crippen LogP) is 1.43. The number of fused-ring (bicyclic) bond motifs is 1. The standard InChI is InChI=1S/C13H11N5O2/c19-13(20)9-1-3-14-10(7-9)8-16-12-11-2-4-17-18(11)6-5-15-12/h1-7H,8H2,(H,15,16)(H,19,20). The molecule has 0 aliphatic carbocycles. The Morgan fingerprint density at radius 2 is 2.15 bits per heavy atom. The van der Waals surface area contributed by atoms with Gasteiger partial charge in [0.15, 0.2) is 5.82 Å². The van der Waals surface area contributed by atoms with E-state index >= 15 is 0 Å². The Morgan fingerprint density at radius 1 is 1.25 bits per heavy atom. The fourth-order valence-corrected chi connectivity index (χ4v) is 1.88. The topological polar surface area (TPSA) is 92.4 Å². The van der Waals surface area contributed by atoms with Gasteiger partial charge in [-0.25, -0.2) is 14.3 Å². The fourth-order valence-electron chi connectivity index (χ4n) is 1.88. The first-order valence-electron chi connectivity index (χ1n) is 5.94. The molecule has 2 N–H and O–H groups in total. The number of carboxylic acids is 1. The first-order chi connectivity index (χ1) is 9.74. The van der Waals surface area contributed by atoms with E-state index in [0.29, 0.717) is 18.1 Å². The zero-order valence-corrected chi connectivity index (χ0v) is 10.4. The summed E-state index contributed by atoms with van der Waals surface area (Å²) in [6, 6.07) is 4.84. The van der Waals surface area contributed by atoms with Gasteiger partial charge in [0.05, 0.1) is 24.0 Å². The fraction of sp³-hybridized carbons (Fsp3) is 0.0769. The van der Waals surface area contributed by atoms with Gasteiger partial charge in [-0.15, -0.1) is 0 Å². The number of nitrogens with one attached hydrogen (secondary N) is 1. The van der Waals surface area contributed by atoms with Crippen molar-refractivity contribution in [1.82, 2.24) is 19.6 Å². The van der Waals surface area contributed by atoms with Gasteiger partial charge in [-0.2, -0.15) is 5.10 Å². The van der Waals surface area contributed by atoms with Gasteiger partial charge in [0, 0.05) is 18.6 Å². The maximum Gasteiger partial charge on any atom is 0.335 e. The third-order valence-electron chi connectivity index (χ3n) is 2.82. The van der Waals surface area contributed by atoms with Crippen LogP contribution in [-0.2, 0) is 6.54 Å². The molecule has 0 spiro atoms. The van der Waals surface area contributed by atoms with Crippen LogP contribution in [0.2, 0.25) is 0 Å². The Bertz CT molecular complexity index is 768. The maximum absolute atomic E-state index is 10.9. The number of aromatic carboxylic acids is 1. The quantitative estimate of drug-likeness (QED) is 0.744. The van der Waals surface area contributed by atoms with Crippen LogP contribution in [0.4, 0.5) is 5.82 Å². The SMILES string of the molecule is O=C(O)c1ccnc(CNc2nccn3nccc23)c1. The first kappa shape index (κ1) is 12.1. The molecule has 0 aliphatic rings. The van der Waals surface area contributed by atoms with Gasteiger partial charge < -0.3 is 10.4 Å². The molecule has 0 atom stereocenters. The summed E-state index contributed by atoms with van der Waals surface area (Å²) in [4.78, 5) is 19.3. The number of rotatable bonds is 4. The molecule has 7 nitrogen and oxygen atoms in total. The van der Waals surface area contributed by atoms with Crippen LogP contribution >= 0.6 is 0 Å². The maximum atomic E-state index is 10.9. The molecule has 0 amide bonds. The number of anilines is 1. The van der Waals surface area contributed by atoms with E-state index < -0.39 is 5.97 Å². The Labute approximate surface area is 113 Å². The van der Waals surface area contributed by atoms with Crippen LogP contribution in [0, 0.1) is 0 Å². The van der Waals surface area contributed by atoms with Crippen LogP contribution in [0.5, 0.6) is 0 Å². The predicted molar refractivity (Wildman–Crippen MR) is 71.5 cm³/mol. The van der Waals surface area contributed by atoms with Crippen LogP contribution in [0.15, 0.2) is 43.0 Å². The highest BCUT2D eigenvalue weighted by molar-refractivity contribution is 5.87. The zero-order chi connectivity index (χ0) is 13.9. The number of carboxylic acid groups (broad SMARTS) is 1. The minimum absolute atomic E-state index is 0.215. The van der Waals surface area contributed by atoms with E-state index in [1.54, 1.807) is 23.1 Å². The molecule has 0 saturated heterocycles. The second-order valence-electron chi connectivity index (χ2n) is 4.13. The molecule has 0 aliphatic heterocycles. The molecule has 0 unspecified atom stereocenters. The number of carbonyl (C=O) groups is 1. The van der Waals surface area contributed by atoms with E-state index in [2.05, 4.69) is 20.4 Å². The van der Waals surface area contributed by atoms with Crippen LogP contribution in [0.1, 0.15) is 16.1 Å². The molecule has 3 heterocycles. The molecule has 20 heavy (non-hydrogen) atoms. The summed E-state index contributed by atoms with van der Waals surface area (Å²) in [5, 5.41) is 16.2. The van der Waals surface area contributed by atoms with E-state index in [1.807, 2.05) is 6.07 Å². The molecule has 7 heteroatoms. The average molecular weight is 269 g/mol. The molecule has 100 valence electrons. The van der Waals surface area contributed by atoms with E-state index in [4.69, 9.17) is 5.11 Å². The van der Waals surface area contributed by atoms with E-state index in [9.17, 15) is 4.79 Å². The summed E-state index contributed by atoms with van der Waals surface area (Å²) in [7, 11) is 0. The molecule has 3 aromatic heterocycles. The first-order valence-corrected chi connectivity index (χ1v) is 5.94. The van der Waals surface area contributed by atoms with E-state index in [1.165, 1.54) is 18.3 Å². The van der Waals surface area contributed by atoms with Crippen molar-refractivity contribution in [3.05, 3.63) is 54.2 Å². The van der Waals surface area contributed by atoms with Gasteiger partial charge in [-0.1, -0.05) is 0 Å². The van der Waals surface area contributed by atoms with Gasteiger partial charge in [0.2, 0.25) is 0 Å². The number of aromatic nitrogens is 4. The lowest BCUT2D eigenvalue weighted by Gasteiger charge is -2.06. The van der Waals surface area contributed by atoms with Crippen LogP contribution in [0.3, 0.4) is 0 Å². The molecule has 0 radical (unpaired) electrons. The van der Waals surface area contributed by atoms with Crippen molar-refractivity contribution in [3.8, 4) is 0 Å². The molecule has 0 fully saturated rings. The summed E-state index contributed by atoms with van der Waals surface area (Å²) >= 11 is 0. The Balaban J connectivity index is 1.81. The molecule has 0 aromatic carbocycles. The highest BCUT2D eigenvalue weighted by Crippen LogP contribution is 2.13. The van der Waals surface area contributed by atoms with Crippen molar-refractivity contribution < 1.29 is 9.90 Å². The lowest BCUT2D eigenvalue weighted by atomic mass is 10.2. The van der Waals surface area contributed by atoms with Crippen molar-refractivity contribution in [2.24, 2.45) is 0 Å². The molecule has 0 bridgehead atoms.